The van der Waals surface area contributed by atoms with E-state index in [0.717, 1.165) is 53.0 Å². The van der Waals surface area contributed by atoms with E-state index >= 15 is 0 Å². The average molecular weight is 890 g/mol. The first-order valence-corrected chi connectivity index (χ1v) is 21.5. The number of nitrogens with one attached hydrogen (secondary N) is 2. The molecule has 0 bridgehead atoms. The van der Waals surface area contributed by atoms with Crippen molar-refractivity contribution >= 4 is 89.2 Å². The van der Waals surface area contributed by atoms with Crippen molar-refractivity contribution in [1.82, 2.24) is 0 Å². The Morgan fingerprint density at radius 1 is 0.702 bits per heavy atom. The van der Waals surface area contributed by atoms with Gasteiger partial charge in [-0.05, 0) is 96.8 Å². The molecule has 5 N–H and O–H groups in total. The Labute approximate surface area is 342 Å². The molecule has 1 aliphatic rings. The van der Waals surface area contributed by atoms with Gasteiger partial charge in [0, 0.05) is 23.3 Å². The lowest BCUT2D eigenvalue weighted by Gasteiger charge is -2.12. The van der Waals surface area contributed by atoms with E-state index in [4.69, 9.17) is 37.4 Å². The maximum Gasteiger partial charge on any atom is 0.347 e. The Hall–Kier alpha value is -5.50. The second kappa shape index (κ2) is 15.1. The molecule has 57 heavy (non-hydrogen) atoms. The van der Waals surface area contributed by atoms with Crippen LogP contribution >= 0.6 is 45.9 Å². The number of anilines is 2. The van der Waals surface area contributed by atoms with E-state index in [-0.39, 0.29) is 41.0 Å². The summed E-state index contributed by atoms with van der Waals surface area (Å²) in [5.74, 6) is -2.92. The zero-order valence-corrected chi connectivity index (χ0v) is 33.9. The van der Waals surface area contributed by atoms with E-state index in [2.05, 4.69) is 9.44 Å². The smallest absolute Gasteiger partial charge is 0.347 e. The number of benzene rings is 4. The molecule has 2 aromatic heterocycles. The van der Waals surface area contributed by atoms with Crippen LogP contribution < -0.4 is 23.7 Å². The van der Waals surface area contributed by atoms with Crippen molar-refractivity contribution in [3.63, 3.8) is 0 Å². The van der Waals surface area contributed by atoms with E-state index in [9.17, 15) is 41.7 Å². The van der Waals surface area contributed by atoms with Gasteiger partial charge in [-0.25, -0.2) is 26.4 Å². The number of hydrogen-bond acceptors (Lipinski definition) is 13. The fraction of sp³-hybridized carbons (Fsp3) is 0.0811. The monoisotopic (exact) mass is 888 g/mol. The van der Waals surface area contributed by atoms with Gasteiger partial charge in [-0.2, -0.15) is 0 Å². The first-order valence-electron chi connectivity index (χ1n) is 16.2. The molecular formula is C37H26Cl2N2O12S4. The number of aromatic carboxylic acids is 1. The Balaban J connectivity index is 1.08. The molecular weight excluding hydrogens is 864 g/mol. The van der Waals surface area contributed by atoms with Crippen LogP contribution in [0.2, 0.25) is 8.67 Å². The molecule has 14 nitrogen and oxygen atoms in total. The van der Waals surface area contributed by atoms with Crippen LogP contribution in [0.5, 0.6) is 28.7 Å². The van der Waals surface area contributed by atoms with E-state index in [1.54, 1.807) is 44.2 Å². The first kappa shape index (κ1) is 39.7. The molecule has 0 spiro atoms. The highest BCUT2D eigenvalue weighted by Gasteiger charge is 2.26. The van der Waals surface area contributed by atoms with Crippen LogP contribution in [0.1, 0.15) is 31.8 Å². The Morgan fingerprint density at radius 2 is 1.25 bits per heavy atom. The number of rotatable bonds is 11. The van der Waals surface area contributed by atoms with Crippen molar-refractivity contribution in [2.75, 3.05) is 16.2 Å². The number of hydrogen-bond donors (Lipinski definition) is 5. The van der Waals surface area contributed by atoms with Crippen molar-refractivity contribution in [2.45, 2.75) is 22.3 Å². The summed E-state index contributed by atoms with van der Waals surface area (Å²) < 4.78 is 74.2. The number of carboxylic acids is 1. The molecule has 294 valence electrons. The van der Waals surface area contributed by atoms with Crippen LogP contribution in [0.15, 0.2) is 87.3 Å². The number of thiophene rings is 2. The number of phenols is 2. The minimum Gasteiger partial charge on any atom is -0.507 e. The van der Waals surface area contributed by atoms with Gasteiger partial charge in [0.2, 0.25) is 6.79 Å². The summed E-state index contributed by atoms with van der Waals surface area (Å²) in [6.45, 7) is 3.45. The Morgan fingerprint density at radius 3 is 1.82 bits per heavy atom. The molecule has 1 aliphatic heterocycles. The van der Waals surface area contributed by atoms with Crippen LogP contribution in [0.3, 0.4) is 0 Å². The lowest BCUT2D eigenvalue weighted by atomic mass is 10.0. The van der Waals surface area contributed by atoms with Crippen molar-refractivity contribution in [2.24, 2.45) is 0 Å². The summed E-state index contributed by atoms with van der Waals surface area (Å²) in [5.41, 5.74) is 1.89. The highest BCUT2D eigenvalue weighted by molar-refractivity contribution is 7.95. The van der Waals surface area contributed by atoms with Gasteiger partial charge in [0.15, 0.2) is 11.5 Å². The van der Waals surface area contributed by atoms with Crippen LogP contribution in [0, 0.1) is 13.8 Å². The standard InChI is InChI=1S/C37H26Cl2N2O12S4/c1-17-9-20(10-18(2)33(17)43)26-15-32(55-35(26)39)56(47,48)40-21-4-6-23(27(42)12-21)37(46)53-29-13-22(5-7-24(29)36(44)45)41-57(49,50)31-14-25(34(38)54-31)19-3-8-28-30(11-19)52-16-51-28/h3-15,40-43H,16H2,1-2H3,(H,44,45). The Bertz CT molecular complexity index is 2850. The van der Waals surface area contributed by atoms with Gasteiger partial charge in [-0.3, -0.25) is 9.44 Å². The summed E-state index contributed by atoms with van der Waals surface area (Å²) in [6.07, 6.45) is 0. The van der Waals surface area contributed by atoms with Crippen LogP contribution in [0.25, 0.3) is 22.3 Å². The van der Waals surface area contributed by atoms with Gasteiger partial charge < -0.3 is 29.5 Å². The number of carbonyl (C=O) groups is 2. The molecule has 0 aliphatic carbocycles. The second-order valence-corrected chi connectivity index (χ2v) is 19.5. The normalized spacial score (nSPS) is 12.4. The predicted molar refractivity (Wildman–Crippen MR) is 215 cm³/mol. The first-order chi connectivity index (χ1) is 26.9. The van der Waals surface area contributed by atoms with Gasteiger partial charge >= 0.3 is 11.9 Å². The topological polar surface area (TPSA) is 215 Å². The van der Waals surface area contributed by atoms with Crippen LogP contribution in [-0.4, -0.2) is 50.9 Å². The summed E-state index contributed by atoms with van der Waals surface area (Å²) >= 11 is 14.4. The van der Waals surface area contributed by atoms with Crippen LogP contribution in [-0.2, 0) is 20.0 Å². The molecule has 0 saturated carbocycles. The lowest BCUT2D eigenvalue weighted by Crippen LogP contribution is -2.15. The van der Waals surface area contributed by atoms with Gasteiger partial charge in [0.05, 0.1) is 11.4 Å². The van der Waals surface area contributed by atoms with Crippen LogP contribution in [0.4, 0.5) is 11.4 Å². The number of carbonyl (C=O) groups excluding carboxylic acids is 1. The average Bonchev–Trinajstić information content (AvgIpc) is 3.88. The molecule has 0 amide bonds. The molecule has 7 rings (SSSR count). The third kappa shape index (κ3) is 8.05. The fourth-order valence-corrected chi connectivity index (χ4v) is 11.3. The number of phenolic OH excluding ortho intramolecular Hbond substituents is 2. The van der Waals surface area contributed by atoms with Gasteiger partial charge in [-0.1, -0.05) is 29.3 Å². The van der Waals surface area contributed by atoms with Crippen molar-refractivity contribution < 1.29 is 56.0 Å². The summed E-state index contributed by atoms with van der Waals surface area (Å²) in [6, 6.07) is 17.4. The fourth-order valence-electron chi connectivity index (χ4n) is 5.71. The zero-order valence-electron chi connectivity index (χ0n) is 29.1. The van der Waals surface area contributed by atoms with Crippen molar-refractivity contribution in [3.8, 4) is 51.0 Å². The number of esters is 1. The quantitative estimate of drug-likeness (QED) is 0.0610. The molecule has 0 atom stereocenters. The van der Waals surface area contributed by atoms with Gasteiger partial charge in [0.25, 0.3) is 20.0 Å². The van der Waals surface area contributed by atoms with E-state index in [1.807, 2.05) is 0 Å². The van der Waals surface area contributed by atoms with Gasteiger partial charge in [0.1, 0.15) is 45.5 Å². The number of halogens is 2. The second-order valence-electron chi connectivity index (χ2n) is 12.4. The third-order valence-corrected chi connectivity index (χ3v) is 14.9. The number of fused-ring (bicyclic) bond motifs is 1. The largest absolute Gasteiger partial charge is 0.507 e. The molecule has 0 saturated heterocycles. The van der Waals surface area contributed by atoms with Crippen molar-refractivity contribution in [3.05, 3.63) is 110 Å². The molecule has 6 aromatic rings. The van der Waals surface area contributed by atoms with Gasteiger partial charge in [-0.15, -0.1) is 22.7 Å². The summed E-state index contributed by atoms with van der Waals surface area (Å²) in [5, 5.41) is 30.6. The maximum atomic E-state index is 13.4. The van der Waals surface area contributed by atoms with E-state index in [1.165, 1.54) is 18.2 Å². The number of carboxylic acid groups (broad SMARTS) is 1. The number of ether oxygens (including phenoxy) is 3. The molecule has 3 heterocycles. The SMILES string of the molecule is Cc1cc(-c2cc(S(=O)(=O)Nc3ccc(C(=O)Oc4cc(NS(=O)(=O)c5cc(-c6ccc7c(c6)OCO7)c(Cl)s5)ccc4C(=O)O)c(O)c3)sc2Cl)cc(C)c1O. The minimum atomic E-state index is -4.30. The molecule has 0 unspecified atom stereocenters. The maximum absolute atomic E-state index is 13.4. The highest BCUT2D eigenvalue weighted by Crippen LogP contribution is 2.43. The Kier molecular flexibility index (Phi) is 10.5. The summed E-state index contributed by atoms with van der Waals surface area (Å²) in [7, 11) is -8.56. The van der Waals surface area contributed by atoms with E-state index < -0.39 is 54.6 Å². The molecule has 0 radical (unpaired) electrons. The molecule has 20 heteroatoms. The number of aryl methyl sites for hydroxylation is 2. The minimum absolute atomic E-state index is 0.0488. The third-order valence-electron chi connectivity index (χ3n) is 8.48. The zero-order chi connectivity index (χ0) is 41.0. The molecule has 0 fully saturated rings. The highest BCUT2D eigenvalue weighted by atomic mass is 35.5. The molecule has 4 aromatic carbocycles. The van der Waals surface area contributed by atoms with E-state index in [0.29, 0.717) is 44.9 Å². The summed E-state index contributed by atoms with van der Waals surface area (Å²) in [4.78, 5) is 25.2. The number of sulfonamides is 2. The van der Waals surface area contributed by atoms with Crippen molar-refractivity contribution in [1.29, 1.82) is 0 Å². The lowest BCUT2D eigenvalue weighted by molar-refractivity contribution is 0.0681. The predicted octanol–water partition coefficient (Wildman–Crippen LogP) is 8.73. The number of aromatic hydroxyl groups is 2.